The standard InChI is InChI=1S/C17H22ClF2N5O5/c18-14-12(7-21-25(15(14)27)9-13(26)23-29)24-6-3-11(8-24)30-16(28)22-10-1-4-17(19,20)5-2-10/h7,10-11,29H,1-6,8-9H2,(H,22,28)(H,23,26)/t11-/m1/s1. The minimum absolute atomic E-state index is 0.149. The minimum Gasteiger partial charge on any atom is -0.444 e. The average molecular weight is 450 g/mol. The molecule has 1 aromatic heterocycles. The summed E-state index contributed by atoms with van der Waals surface area (Å²) < 4.78 is 32.6. The molecule has 0 unspecified atom stereocenters. The first kappa shape index (κ1) is 22.2. The molecule has 0 aromatic carbocycles. The van der Waals surface area contributed by atoms with Gasteiger partial charge in [0.25, 0.3) is 11.5 Å². The lowest BCUT2D eigenvalue weighted by atomic mass is 9.92. The molecule has 2 aliphatic rings. The number of hydrogen-bond donors (Lipinski definition) is 3. The molecule has 1 atom stereocenters. The van der Waals surface area contributed by atoms with Gasteiger partial charge >= 0.3 is 6.09 Å². The fourth-order valence-electron chi connectivity index (χ4n) is 3.54. The quantitative estimate of drug-likeness (QED) is 0.456. The van der Waals surface area contributed by atoms with Crippen LogP contribution in [0.5, 0.6) is 0 Å². The summed E-state index contributed by atoms with van der Waals surface area (Å²) in [7, 11) is 0. The summed E-state index contributed by atoms with van der Waals surface area (Å²) >= 11 is 6.12. The van der Waals surface area contributed by atoms with E-state index in [0.29, 0.717) is 18.7 Å². The summed E-state index contributed by atoms with van der Waals surface area (Å²) in [6.45, 7) is 0.238. The summed E-state index contributed by atoms with van der Waals surface area (Å²) in [5.74, 6) is -3.49. The molecule has 10 nitrogen and oxygen atoms in total. The molecule has 2 amide bonds. The van der Waals surface area contributed by atoms with E-state index in [1.165, 1.54) is 11.7 Å². The Bertz CT molecular complexity index is 857. The van der Waals surface area contributed by atoms with E-state index < -0.39 is 36.1 Å². The SMILES string of the molecule is O=C(Cn1ncc(N2CC[C@@H](OC(=O)NC3CCC(F)(F)CC3)C2)c(Cl)c1=O)NO. The van der Waals surface area contributed by atoms with Gasteiger partial charge in [-0.1, -0.05) is 11.6 Å². The Balaban J connectivity index is 1.54. The zero-order valence-electron chi connectivity index (χ0n) is 15.9. The van der Waals surface area contributed by atoms with Crippen LogP contribution in [0.2, 0.25) is 5.02 Å². The number of alkyl carbamates (subject to hydrolysis) is 1. The zero-order valence-corrected chi connectivity index (χ0v) is 16.7. The largest absolute Gasteiger partial charge is 0.444 e. The lowest BCUT2D eigenvalue weighted by molar-refractivity contribution is -0.130. The molecule has 166 valence electrons. The molecule has 1 saturated carbocycles. The molecule has 3 rings (SSSR count). The molecule has 2 fully saturated rings. The number of carbonyl (C=O) groups is 2. The van der Waals surface area contributed by atoms with Crippen LogP contribution in [0.4, 0.5) is 19.3 Å². The van der Waals surface area contributed by atoms with Gasteiger partial charge in [-0.3, -0.25) is 14.8 Å². The van der Waals surface area contributed by atoms with Crippen LogP contribution in [-0.2, 0) is 16.1 Å². The lowest BCUT2D eigenvalue weighted by Gasteiger charge is -2.28. The Hall–Kier alpha value is -2.47. The Labute approximate surface area is 175 Å². The van der Waals surface area contributed by atoms with Crippen molar-refractivity contribution >= 4 is 29.3 Å². The number of anilines is 1. The highest BCUT2D eigenvalue weighted by Gasteiger charge is 2.36. The van der Waals surface area contributed by atoms with Gasteiger partial charge in [0, 0.05) is 31.8 Å². The zero-order chi connectivity index (χ0) is 21.9. The minimum atomic E-state index is -2.67. The molecule has 1 saturated heterocycles. The number of carbonyl (C=O) groups excluding carboxylic acids is 2. The van der Waals surface area contributed by atoms with E-state index in [1.54, 1.807) is 4.90 Å². The van der Waals surface area contributed by atoms with Crippen LogP contribution in [0.1, 0.15) is 32.1 Å². The van der Waals surface area contributed by atoms with Gasteiger partial charge in [-0.2, -0.15) is 5.10 Å². The number of nitrogens with zero attached hydrogens (tertiary/aromatic N) is 3. The normalized spacial score (nSPS) is 21.3. The van der Waals surface area contributed by atoms with Crippen molar-refractivity contribution in [2.45, 2.75) is 56.7 Å². The molecule has 1 aliphatic heterocycles. The van der Waals surface area contributed by atoms with Crippen LogP contribution < -0.4 is 21.3 Å². The highest BCUT2D eigenvalue weighted by Crippen LogP contribution is 2.33. The van der Waals surface area contributed by atoms with Crippen LogP contribution in [-0.4, -0.2) is 58.1 Å². The smallest absolute Gasteiger partial charge is 0.407 e. The van der Waals surface area contributed by atoms with E-state index in [2.05, 4.69) is 10.4 Å². The maximum Gasteiger partial charge on any atom is 0.407 e. The van der Waals surface area contributed by atoms with Crippen molar-refractivity contribution in [3.63, 3.8) is 0 Å². The molecule has 1 aromatic rings. The van der Waals surface area contributed by atoms with E-state index in [9.17, 15) is 23.2 Å². The fraction of sp³-hybridized carbons (Fsp3) is 0.647. The first-order valence-electron chi connectivity index (χ1n) is 9.47. The molecule has 0 spiro atoms. The molecule has 0 bridgehead atoms. The maximum atomic E-state index is 13.2. The van der Waals surface area contributed by atoms with E-state index in [4.69, 9.17) is 21.5 Å². The second-order valence-electron chi connectivity index (χ2n) is 7.38. The Morgan fingerprint density at radius 1 is 1.33 bits per heavy atom. The number of alkyl halides is 2. The van der Waals surface area contributed by atoms with Gasteiger partial charge in [0.1, 0.15) is 17.7 Å². The number of amides is 2. The van der Waals surface area contributed by atoms with Crippen LogP contribution in [0.3, 0.4) is 0 Å². The summed E-state index contributed by atoms with van der Waals surface area (Å²) in [4.78, 5) is 37.3. The fourth-order valence-corrected chi connectivity index (χ4v) is 3.81. The second kappa shape index (κ2) is 9.13. The van der Waals surface area contributed by atoms with Gasteiger partial charge in [-0.15, -0.1) is 0 Å². The van der Waals surface area contributed by atoms with E-state index in [0.717, 1.165) is 4.68 Å². The van der Waals surface area contributed by atoms with Crippen molar-refractivity contribution in [2.75, 3.05) is 18.0 Å². The van der Waals surface area contributed by atoms with Gasteiger partial charge < -0.3 is 15.0 Å². The molecular formula is C17H22ClF2N5O5. The molecule has 3 N–H and O–H groups in total. The Kier molecular flexibility index (Phi) is 6.76. The van der Waals surface area contributed by atoms with Crippen molar-refractivity contribution in [2.24, 2.45) is 0 Å². The summed E-state index contributed by atoms with van der Waals surface area (Å²) in [6.07, 6.45) is 0.565. The van der Waals surface area contributed by atoms with Crippen LogP contribution in [0.15, 0.2) is 11.0 Å². The lowest BCUT2D eigenvalue weighted by Crippen LogP contribution is -2.42. The van der Waals surface area contributed by atoms with Crippen LogP contribution in [0, 0.1) is 0 Å². The molecular weight excluding hydrogens is 428 g/mol. The highest BCUT2D eigenvalue weighted by molar-refractivity contribution is 6.33. The summed E-state index contributed by atoms with van der Waals surface area (Å²) in [6, 6.07) is -0.336. The topological polar surface area (TPSA) is 126 Å². The maximum absolute atomic E-state index is 13.2. The number of hydrogen-bond acceptors (Lipinski definition) is 7. The Morgan fingerprint density at radius 3 is 2.70 bits per heavy atom. The monoisotopic (exact) mass is 449 g/mol. The predicted octanol–water partition coefficient (Wildman–Crippen LogP) is 1.28. The van der Waals surface area contributed by atoms with E-state index in [1.807, 2.05) is 0 Å². The van der Waals surface area contributed by atoms with E-state index >= 15 is 0 Å². The number of rotatable bonds is 5. The summed E-state index contributed by atoms with van der Waals surface area (Å²) in [5.41, 5.74) is 1.04. The summed E-state index contributed by atoms with van der Waals surface area (Å²) in [5, 5.41) is 14.9. The predicted molar refractivity (Wildman–Crippen MR) is 101 cm³/mol. The molecule has 13 heteroatoms. The van der Waals surface area contributed by atoms with Crippen molar-refractivity contribution in [1.29, 1.82) is 0 Å². The third-order valence-electron chi connectivity index (χ3n) is 5.18. The molecule has 0 radical (unpaired) electrons. The number of nitrogens with one attached hydrogen (secondary N) is 2. The van der Waals surface area contributed by atoms with E-state index in [-0.39, 0.29) is 43.3 Å². The first-order valence-corrected chi connectivity index (χ1v) is 9.85. The average Bonchev–Trinajstić information content (AvgIpc) is 3.15. The second-order valence-corrected chi connectivity index (χ2v) is 7.76. The van der Waals surface area contributed by atoms with Gasteiger partial charge in [0.2, 0.25) is 5.92 Å². The molecule has 2 heterocycles. The highest BCUT2D eigenvalue weighted by atomic mass is 35.5. The van der Waals surface area contributed by atoms with Gasteiger partial charge in [0.05, 0.1) is 18.4 Å². The number of aromatic nitrogens is 2. The number of ether oxygens (including phenoxy) is 1. The number of halogens is 3. The van der Waals surface area contributed by atoms with Gasteiger partial charge in [-0.05, 0) is 12.8 Å². The van der Waals surface area contributed by atoms with Crippen molar-refractivity contribution in [1.82, 2.24) is 20.6 Å². The van der Waals surface area contributed by atoms with Gasteiger partial charge in [0.15, 0.2) is 0 Å². The van der Waals surface area contributed by atoms with Crippen molar-refractivity contribution in [3.8, 4) is 0 Å². The van der Waals surface area contributed by atoms with Crippen LogP contribution >= 0.6 is 11.6 Å². The van der Waals surface area contributed by atoms with Crippen LogP contribution in [0.25, 0.3) is 0 Å². The molecule has 30 heavy (non-hydrogen) atoms. The first-order chi connectivity index (χ1) is 14.2. The van der Waals surface area contributed by atoms with Crippen molar-refractivity contribution in [3.05, 3.63) is 21.6 Å². The molecule has 1 aliphatic carbocycles. The third kappa shape index (κ3) is 5.36. The van der Waals surface area contributed by atoms with Gasteiger partial charge in [-0.25, -0.2) is 23.7 Å². The third-order valence-corrected chi connectivity index (χ3v) is 5.54. The number of hydroxylamine groups is 1. The van der Waals surface area contributed by atoms with Crippen molar-refractivity contribution < 1.29 is 28.3 Å². The Morgan fingerprint density at radius 2 is 2.03 bits per heavy atom.